The highest BCUT2D eigenvalue weighted by molar-refractivity contribution is 6.35. The number of rotatable bonds is 5. The first kappa shape index (κ1) is 18.3. The number of para-hydroxylation sites is 1. The van der Waals surface area contributed by atoms with Gasteiger partial charge in [-0.2, -0.15) is 4.68 Å². The van der Waals surface area contributed by atoms with Gasteiger partial charge in [-0.15, -0.1) is 5.10 Å². The first-order valence-electron chi connectivity index (χ1n) is 9.36. The van der Waals surface area contributed by atoms with Crippen LogP contribution < -0.4 is 5.56 Å². The molecule has 1 aliphatic rings. The van der Waals surface area contributed by atoms with Gasteiger partial charge in [0.1, 0.15) is 6.33 Å². The summed E-state index contributed by atoms with van der Waals surface area (Å²) in [4.78, 5) is 18.0. The highest BCUT2D eigenvalue weighted by Gasteiger charge is 2.26. The van der Waals surface area contributed by atoms with Crippen LogP contribution in [0.2, 0.25) is 5.02 Å². The lowest BCUT2D eigenvalue weighted by atomic mass is 10.1. The highest BCUT2D eigenvalue weighted by atomic mass is 35.5. The standard InChI is InChI=1S/C19H19ClN6O3/c1-28-8-6-24-16-13(20)3-2-4-14(16)25-11-21-18(17(25)19(24)27)26-15(9-22-23-26)12-5-7-29-10-12/h2-4,9,11-12H,5-8,10H2,1H3. The van der Waals surface area contributed by atoms with Gasteiger partial charge < -0.3 is 14.0 Å². The second kappa shape index (κ2) is 7.25. The number of methoxy groups -OCH3 is 1. The van der Waals surface area contributed by atoms with E-state index in [0.29, 0.717) is 48.2 Å². The van der Waals surface area contributed by atoms with E-state index in [2.05, 4.69) is 15.3 Å². The van der Waals surface area contributed by atoms with Crippen LogP contribution in [0.15, 0.2) is 35.5 Å². The minimum absolute atomic E-state index is 0.173. The van der Waals surface area contributed by atoms with Crippen molar-refractivity contribution in [3.05, 3.63) is 51.8 Å². The number of nitrogens with zero attached hydrogens (tertiary/aromatic N) is 6. The monoisotopic (exact) mass is 414 g/mol. The van der Waals surface area contributed by atoms with Crippen LogP contribution in [0.25, 0.3) is 22.4 Å². The average Bonchev–Trinajstić information content (AvgIpc) is 3.47. The first-order chi connectivity index (χ1) is 14.2. The minimum atomic E-state index is -0.209. The molecule has 5 rings (SSSR count). The Kier molecular flexibility index (Phi) is 4.57. The van der Waals surface area contributed by atoms with Crippen LogP contribution in [0, 0.1) is 0 Å². The SMILES string of the molecule is COCCn1c(=O)c2c(-n3nncc3C3CCOC3)ncn2c2cccc(Cl)c21. The molecule has 10 heteroatoms. The fraction of sp³-hybridized carbons (Fsp3) is 0.368. The number of hydrogen-bond acceptors (Lipinski definition) is 6. The van der Waals surface area contributed by atoms with Gasteiger partial charge in [-0.05, 0) is 18.6 Å². The summed E-state index contributed by atoms with van der Waals surface area (Å²) in [7, 11) is 1.60. The Balaban J connectivity index is 1.80. The van der Waals surface area contributed by atoms with Gasteiger partial charge in [0.2, 0.25) is 0 Å². The molecule has 150 valence electrons. The molecule has 3 aromatic heterocycles. The molecule has 29 heavy (non-hydrogen) atoms. The van der Waals surface area contributed by atoms with E-state index in [1.807, 2.05) is 12.1 Å². The maximum atomic E-state index is 13.5. The molecule has 1 fully saturated rings. The molecule has 0 amide bonds. The number of aromatic nitrogens is 6. The largest absolute Gasteiger partial charge is 0.383 e. The van der Waals surface area contributed by atoms with E-state index in [1.54, 1.807) is 39.3 Å². The molecule has 0 spiro atoms. The number of fused-ring (bicyclic) bond motifs is 3. The Hall–Kier alpha value is -2.75. The van der Waals surface area contributed by atoms with Crippen LogP contribution >= 0.6 is 11.6 Å². The van der Waals surface area contributed by atoms with Crippen molar-refractivity contribution in [1.82, 2.24) is 28.9 Å². The topological polar surface area (TPSA) is 88.5 Å². The Morgan fingerprint density at radius 1 is 1.34 bits per heavy atom. The van der Waals surface area contributed by atoms with E-state index >= 15 is 0 Å². The van der Waals surface area contributed by atoms with E-state index in [0.717, 1.165) is 17.6 Å². The van der Waals surface area contributed by atoms with Crippen LogP contribution in [-0.4, -0.2) is 55.9 Å². The normalized spacial score (nSPS) is 17.0. The summed E-state index contributed by atoms with van der Waals surface area (Å²) in [5.74, 6) is 0.620. The third kappa shape index (κ3) is 2.85. The first-order valence-corrected chi connectivity index (χ1v) is 9.74. The zero-order valence-corrected chi connectivity index (χ0v) is 16.5. The second-order valence-corrected chi connectivity index (χ2v) is 7.38. The maximum Gasteiger partial charge on any atom is 0.279 e. The number of benzene rings is 1. The lowest BCUT2D eigenvalue weighted by molar-refractivity contribution is 0.187. The van der Waals surface area contributed by atoms with E-state index in [9.17, 15) is 4.79 Å². The molecule has 1 unspecified atom stereocenters. The number of imidazole rings is 1. The van der Waals surface area contributed by atoms with Crippen molar-refractivity contribution in [2.75, 3.05) is 26.9 Å². The predicted octanol–water partition coefficient (Wildman–Crippen LogP) is 2.03. The van der Waals surface area contributed by atoms with Crippen LogP contribution in [0.5, 0.6) is 0 Å². The molecule has 9 nitrogen and oxygen atoms in total. The summed E-state index contributed by atoms with van der Waals surface area (Å²) in [6.45, 7) is 2.06. The van der Waals surface area contributed by atoms with E-state index in [4.69, 9.17) is 21.1 Å². The molecule has 0 radical (unpaired) electrons. The lowest BCUT2D eigenvalue weighted by Crippen LogP contribution is -2.26. The average molecular weight is 415 g/mol. The minimum Gasteiger partial charge on any atom is -0.383 e. The van der Waals surface area contributed by atoms with Crippen LogP contribution in [0.4, 0.5) is 0 Å². The molecule has 0 N–H and O–H groups in total. The van der Waals surface area contributed by atoms with Crippen molar-refractivity contribution in [3.63, 3.8) is 0 Å². The molecule has 4 aromatic rings. The Labute approximate surface area is 170 Å². The third-order valence-electron chi connectivity index (χ3n) is 5.33. The zero-order valence-electron chi connectivity index (χ0n) is 15.8. The fourth-order valence-electron chi connectivity index (χ4n) is 3.92. The fourth-order valence-corrected chi connectivity index (χ4v) is 4.19. The van der Waals surface area contributed by atoms with Gasteiger partial charge in [-0.25, -0.2) is 4.98 Å². The molecule has 1 aromatic carbocycles. The molecular weight excluding hydrogens is 396 g/mol. The molecular formula is C19H19ClN6O3. The predicted molar refractivity (Wildman–Crippen MR) is 107 cm³/mol. The summed E-state index contributed by atoms with van der Waals surface area (Å²) in [5, 5.41) is 8.78. The summed E-state index contributed by atoms with van der Waals surface area (Å²) < 4.78 is 15.8. The third-order valence-corrected chi connectivity index (χ3v) is 5.64. The van der Waals surface area contributed by atoms with Gasteiger partial charge in [0.05, 0.1) is 41.2 Å². The summed E-state index contributed by atoms with van der Waals surface area (Å²) >= 11 is 6.46. The summed E-state index contributed by atoms with van der Waals surface area (Å²) in [5.41, 5.74) is 2.53. The smallest absolute Gasteiger partial charge is 0.279 e. The van der Waals surface area contributed by atoms with Crippen LogP contribution in [0.3, 0.4) is 0 Å². The Morgan fingerprint density at radius 3 is 3.03 bits per heavy atom. The van der Waals surface area contributed by atoms with Crippen molar-refractivity contribution in [2.24, 2.45) is 0 Å². The van der Waals surface area contributed by atoms with E-state index < -0.39 is 0 Å². The van der Waals surface area contributed by atoms with Crippen molar-refractivity contribution >= 4 is 28.2 Å². The summed E-state index contributed by atoms with van der Waals surface area (Å²) in [6, 6.07) is 5.53. The van der Waals surface area contributed by atoms with Crippen LogP contribution in [0.1, 0.15) is 18.0 Å². The van der Waals surface area contributed by atoms with Gasteiger partial charge in [0.25, 0.3) is 5.56 Å². The van der Waals surface area contributed by atoms with Crippen molar-refractivity contribution in [1.29, 1.82) is 0 Å². The molecule has 1 atom stereocenters. The second-order valence-electron chi connectivity index (χ2n) is 6.98. The Bertz CT molecular complexity index is 1250. The van der Waals surface area contributed by atoms with Gasteiger partial charge >= 0.3 is 0 Å². The van der Waals surface area contributed by atoms with Gasteiger partial charge in [-0.3, -0.25) is 9.20 Å². The zero-order chi connectivity index (χ0) is 20.0. The number of hydrogen-bond donors (Lipinski definition) is 0. The molecule has 0 bridgehead atoms. The van der Waals surface area contributed by atoms with Crippen molar-refractivity contribution in [2.45, 2.75) is 18.9 Å². The van der Waals surface area contributed by atoms with Crippen LogP contribution in [-0.2, 0) is 16.0 Å². The molecule has 0 aliphatic carbocycles. The van der Waals surface area contributed by atoms with Crippen molar-refractivity contribution < 1.29 is 9.47 Å². The van der Waals surface area contributed by atoms with Gasteiger partial charge in [0.15, 0.2) is 11.3 Å². The maximum absolute atomic E-state index is 13.5. The van der Waals surface area contributed by atoms with E-state index in [1.165, 1.54) is 0 Å². The number of halogens is 1. The van der Waals surface area contributed by atoms with Gasteiger partial charge in [-0.1, -0.05) is 22.9 Å². The van der Waals surface area contributed by atoms with Gasteiger partial charge in [0, 0.05) is 26.2 Å². The summed E-state index contributed by atoms with van der Waals surface area (Å²) in [6.07, 6.45) is 4.23. The highest BCUT2D eigenvalue weighted by Crippen LogP contribution is 2.28. The molecule has 0 saturated carbocycles. The molecule has 1 saturated heterocycles. The number of ether oxygens (including phenoxy) is 2. The quantitative estimate of drug-likeness (QED) is 0.496. The Morgan fingerprint density at radius 2 is 2.24 bits per heavy atom. The molecule has 4 heterocycles. The van der Waals surface area contributed by atoms with Crippen molar-refractivity contribution in [3.8, 4) is 5.82 Å². The molecule has 1 aliphatic heterocycles. The lowest BCUT2D eigenvalue weighted by Gasteiger charge is -2.14. The van der Waals surface area contributed by atoms with E-state index in [-0.39, 0.29) is 11.5 Å².